The number of hydrogen-bond donors (Lipinski definition) is 2. The molecule has 10 heteroatoms. The van der Waals surface area contributed by atoms with E-state index in [0.717, 1.165) is 10.8 Å². The van der Waals surface area contributed by atoms with Crippen molar-refractivity contribution in [3.05, 3.63) is 53.8 Å². The summed E-state index contributed by atoms with van der Waals surface area (Å²) in [5.74, 6) is -1.73. The van der Waals surface area contributed by atoms with Crippen molar-refractivity contribution in [1.82, 2.24) is 0 Å². The molecule has 0 bridgehead atoms. The standard InChI is InChI=1S/C29H36N4O6/c1-17(38-25(35)28(2,3)4)23-21-15-12-19(16-22(21)33(24(23)34)39-26(36)29(5,6)7)31-27(37)30-18-10-13-20(14-11-18)32(8)9/h10-16H,1-9H3,(H2,30,31,37)/b23-17-. The van der Waals surface area contributed by atoms with E-state index in [9.17, 15) is 19.2 Å². The summed E-state index contributed by atoms with van der Waals surface area (Å²) in [6, 6.07) is 11.5. The van der Waals surface area contributed by atoms with Crippen LogP contribution in [-0.2, 0) is 24.0 Å². The summed E-state index contributed by atoms with van der Waals surface area (Å²) < 4.78 is 5.50. The van der Waals surface area contributed by atoms with Crippen LogP contribution in [0.25, 0.3) is 5.57 Å². The Morgan fingerprint density at radius 1 is 0.821 bits per heavy atom. The van der Waals surface area contributed by atoms with Crippen LogP contribution in [0.5, 0.6) is 0 Å². The molecule has 1 aliphatic rings. The van der Waals surface area contributed by atoms with Crippen LogP contribution in [-0.4, -0.2) is 38.0 Å². The quantitative estimate of drug-likeness (QED) is 0.292. The van der Waals surface area contributed by atoms with E-state index < -0.39 is 34.7 Å². The minimum atomic E-state index is -0.890. The van der Waals surface area contributed by atoms with Crippen LogP contribution in [0.4, 0.5) is 27.5 Å². The van der Waals surface area contributed by atoms with Gasteiger partial charge in [-0.1, -0.05) is 0 Å². The monoisotopic (exact) mass is 536 g/mol. The molecule has 10 nitrogen and oxygen atoms in total. The lowest BCUT2D eigenvalue weighted by molar-refractivity contribution is -0.157. The SMILES string of the molecule is C/C(OC(=O)C(C)(C)C)=C1/C(=O)N(OC(=O)C(C)(C)C)c2cc(NC(=O)Nc3ccc(N(C)C)cc3)ccc21. The molecule has 2 aromatic rings. The lowest BCUT2D eigenvalue weighted by atomic mass is 9.97. The molecule has 2 aromatic carbocycles. The van der Waals surface area contributed by atoms with Crippen LogP contribution < -0.4 is 20.6 Å². The molecule has 0 fully saturated rings. The molecular formula is C29H36N4O6. The van der Waals surface area contributed by atoms with Gasteiger partial charge >= 0.3 is 18.0 Å². The number of hydrogen-bond acceptors (Lipinski definition) is 7. The molecule has 0 aromatic heterocycles. The predicted octanol–water partition coefficient (Wildman–Crippen LogP) is 5.57. The minimum Gasteiger partial charge on any atom is -0.430 e. The van der Waals surface area contributed by atoms with E-state index in [1.54, 1.807) is 65.8 Å². The molecule has 0 saturated heterocycles. The number of carbonyl (C=O) groups is 4. The normalized spacial score (nSPS) is 14.4. The maximum Gasteiger partial charge on any atom is 0.338 e. The lowest BCUT2D eigenvalue weighted by Crippen LogP contribution is -2.35. The molecule has 3 rings (SSSR count). The second-order valence-corrected chi connectivity index (χ2v) is 11.6. The fraction of sp³-hybridized carbons (Fsp3) is 0.379. The predicted molar refractivity (Wildman–Crippen MR) is 151 cm³/mol. The molecule has 0 spiro atoms. The third-order valence-corrected chi connectivity index (χ3v) is 5.78. The van der Waals surface area contributed by atoms with Crippen molar-refractivity contribution in [2.45, 2.75) is 48.5 Å². The molecule has 0 aliphatic carbocycles. The smallest absolute Gasteiger partial charge is 0.338 e. The van der Waals surface area contributed by atoms with E-state index in [4.69, 9.17) is 9.57 Å². The molecule has 0 atom stereocenters. The number of urea groups is 1. The van der Waals surface area contributed by atoms with Crippen molar-refractivity contribution in [1.29, 1.82) is 0 Å². The number of hydroxylamine groups is 1. The fourth-order valence-electron chi connectivity index (χ4n) is 3.45. The molecule has 3 amide bonds. The molecule has 208 valence electrons. The van der Waals surface area contributed by atoms with Crippen LogP contribution in [0.3, 0.4) is 0 Å². The van der Waals surface area contributed by atoms with Crippen LogP contribution >= 0.6 is 0 Å². The van der Waals surface area contributed by atoms with E-state index in [2.05, 4.69) is 10.6 Å². The Labute approximate surface area is 228 Å². The van der Waals surface area contributed by atoms with Crippen molar-refractivity contribution >= 4 is 52.2 Å². The highest BCUT2D eigenvalue weighted by molar-refractivity contribution is 6.32. The number of esters is 1. The number of anilines is 4. The Morgan fingerprint density at radius 2 is 1.36 bits per heavy atom. The molecule has 0 saturated carbocycles. The minimum absolute atomic E-state index is 0.0788. The Morgan fingerprint density at radius 3 is 1.90 bits per heavy atom. The van der Waals surface area contributed by atoms with E-state index in [0.29, 0.717) is 16.9 Å². The zero-order valence-corrected chi connectivity index (χ0v) is 23.9. The summed E-state index contributed by atoms with van der Waals surface area (Å²) >= 11 is 0. The van der Waals surface area contributed by atoms with E-state index in [-0.39, 0.29) is 17.0 Å². The van der Waals surface area contributed by atoms with Crippen LogP contribution in [0.1, 0.15) is 54.0 Å². The van der Waals surface area contributed by atoms with Crippen molar-refractivity contribution in [2.24, 2.45) is 10.8 Å². The third-order valence-electron chi connectivity index (χ3n) is 5.78. The van der Waals surface area contributed by atoms with Crippen molar-refractivity contribution in [3.63, 3.8) is 0 Å². The summed E-state index contributed by atoms with van der Waals surface area (Å²) in [4.78, 5) is 58.7. The Bertz CT molecular complexity index is 1330. The highest BCUT2D eigenvalue weighted by Gasteiger charge is 2.40. The number of benzene rings is 2. The van der Waals surface area contributed by atoms with E-state index >= 15 is 0 Å². The second-order valence-electron chi connectivity index (χ2n) is 11.6. The van der Waals surface area contributed by atoms with E-state index in [1.807, 2.05) is 31.1 Å². The largest absolute Gasteiger partial charge is 0.430 e. The number of nitrogens with zero attached hydrogens (tertiary/aromatic N) is 2. The van der Waals surface area contributed by atoms with Crippen LogP contribution in [0.15, 0.2) is 48.2 Å². The average Bonchev–Trinajstić information content (AvgIpc) is 3.08. The third kappa shape index (κ3) is 6.76. The lowest BCUT2D eigenvalue weighted by Gasteiger charge is -2.22. The Balaban J connectivity index is 1.93. The number of rotatable bonds is 5. The van der Waals surface area contributed by atoms with Gasteiger partial charge in [0.25, 0.3) is 5.91 Å². The zero-order valence-electron chi connectivity index (χ0n) is 23.9. The molecule has 39 heavy (non-hydrogen) atoms. The number of allylic oxidation sites excluding steroid dienone is 1. The summed E-state index contributed by atoms with van der Waals surface area (Å²) in [7, 11) is 3.85. The first kappa shape index (κ1) is 29.2. The molecule has 0 radical (unpaired) electrons. The first-order valence-corrected chi connectivity index (χ1v) is 12.5. The first-order valence-electron chi connectivity index (χ1n) is 12.5. The number of amides is 3. The number of carbonyl (C=O) groups excluding carboxylic acids is 4. The zero-order chi connectivity index (χ0) is 29.3. The molecule has 1 heterocycles. The molecular weight excluding hydrogens is 500 g/mol. The maximum atomic E-state index is 13.4. The highest BCUT2D eigenvalue weighted by atomic mass is 16.7. The van der Waals surface area contributed by atoms with Gasteiger partial charge in [-0.2, -0.15) is 0 Å². The Kier molecular flexibility index (Phi) is 8.09. The van der Waals surface area contributed by atoms with Crippen molar-refractivity contribution < 1.29 is 28.8 Å². The summed E-state index contributed by atoms with van der Waals surface area (Å²) in [6.45, 7) is 11.6. The van der Waals surface area contributed by atoms with Gasteiger partial charge in [0.1, 0.15) is 5.76 Å². The molecule has 2 N–H and O–H groups in total. The van der Waals surface area contributed by atoms with Gasteiger partial charge in [0.2, 0.25) is 0 Å². The fourth-order valence-corrected chi connectivity index (χ4v) is 3.45. The maximum absolute atomic E-state index is 13.4. The van der Waals surface area contributed by atoms with Gasteiger partial charge in [-0.3, -0.25) is 9.59 Å². The van der Waals surface area contributed by atoms with Gasteiger partial charge in [0.05, 0.1) is 22.1 Å². The van der Waals surface area contributed by atoms with Gasteiger partial charge in [0, 0.05) is 36.7 Å². The Hall–Kier alpha value is -4.34. The van der Waals surface area contributed by atoms with Crippen LogP contribution in [0.2, 0.25) is 0 Å². The topological polar surface area (TPSA) is 117 Å². The van der Waals surface area contributed by atoms with Gasteiger partial charge in [-0.15, -0.1) is 5.06 Å². The van der Waals surface area contributed by atoms with Gasteiger partial charge in [-0.05, 0) is 90.9 Å². The van der Waals surface area contributed by atoms with Crippen molar-refractivity contribution in [2.75, 3.05) is 34.7 Å². The van der Waals surface area contributed by atoms with Gasteiger partial charge in [-0.25, -0.2) is 9.59 Å². The number of fused-ring (bicyclic) bond motifs is 1. The van der Waals surface area contributed by atoms with Gasteiger partial charge in [0.15, 0.2) is 0 Å². The first-order chi connectivity index (χ1) is 18.0. The summed E-state index contributed by atoms with van der Waals surface area (Å²) in [5.41, 5.74) is 0.959. The van der Waals surface area contributed by atoms with Gasteiger partial charge < -0.3 is 25.1 Å². The summed E-state index contributed by atoms with van der Waals surface area (Å²) in [6.07, 6.45) is 0. The molecule has 1 aliphatic heterocycles. The number of ether oxygens (including phenoxy) is 1. The average molecular weight is 537 g/mol. The molecule has 0 unspecified atom stereocenters. The second kappa shape index (κ2) is 10.8. The van der Waals surface area contributed by atoms with Crippen molar-refractivity contribution in [3.8, 4) is 0 Å². The summed E-state index contributed by atoms with van der Waals surface area (Å²) in [5, 5.41) is 6.36. The highest BCUT2D eigenvalue weighted by Crippen LogP contribution is 2.41. The number of nitrogens with one attached hydrogen (secondary N) is 2. The van der Waals surface area contributed by atoms with Crippen LogP contribution in [0, 0.1) is 10.8 Å². The van der Waals surface area contributed by atoms with E-state index in [1.165, 1.54) is 13.0 Å².